The smallest absolute Gasteiger partial charge is 0.245 e. The van der Waals surface area contributed by atoms with Crippen LogP contribution in [0.25, 0.3) is 5.70 Å². The highest BCUT2D eigenvalue weighted by Gasteiger charge is 2.22. The van der Waals surface area contributed by atoms with E-state index in [0.29, 0.717) is 0 Å². The maximum absolute atomic E-state index is 12.0. The molecule has 8 nitrogen and oxygen atoms in total. The maximum atomic E-state index is 12.0. The van der Waals surface area contributed by atoms with Crippen LogP contribution >= 0.6 is 0 Å². The molecule has 2 amide bonds. The summed E-state index contributed by atoms with van der Waals surface area (Å²) < 4.78 is 15.1. The maximum Gasteiger partial charge on any atom is 0.245 e. The lowest BCUT2D eigenvalue weighted by Crippen LogP contribution is -2.50. The van der Waals surface area contributed by atoms with E-state index in [1.807, 2.05) is 24.3 Å². The molecule has 136 valence electrons. The van der Waals surface area contributed by atoms with Crippen LogP contribution in [0, 0.1) is 0 Å². The predicted molar refractivity (Wildman–Crippen MR) is 91.3 cm³/mol. The number of amides is 2. The fourth-order valence-electron chi connectivity index (χ4n) is 2.29. The molecule has 1 aromatic rings. The van der Waals surface area contributed by atoms with E-state index < -0.39 is 6.29 Å². The summed E-state index contributed by atoms with van der Waals surface area (Å²) in [4.78, 5) is 24.1. The SMILES string of the molecule is COc1ccc(C2=CCC(=O)N(CC(=O)NCC(OC)OC)N2)cc1. The summed E-state index contributed by atoms with van der Waals surface area (Å²) in [5, 5.41) is 3.96. The zero-order valence-electron chi connectivity index (χ0n) is 14.6. The lowest BCUT2D eigenvalue weighted by molar-refractivity contribution is -0.139. The van der Waals surface area contributed by atoms with Crippen LogP contribution < -0.4 is 15.5 Å². The van der Waals surface area contributed by atoms with Gasteiger partial charge < -0.3 is 19.5 Å². The van der Waals surface area contributed by atoms with E-state index in [9.17, 15) is 9.59 Å². The zero-order chi connectivity index (χ0) is 18.2. The van der Waals surface area contributed by atoms with Crippen molar-refractivity contribution in [2.45, 2.75) is 12.7 Å². The fraction of sp³-hybridized carbons (Fsp3) is 0.412. The van der Waals surface area contributed by atoms with Crippen LogP contribution in [0.5, 0.6) is 5.75 Å². The molecule has 0 spiro atoms. The quantitative estimate of drug-likeness (QED) is 0.665. The second-order valence-electron chi connectivity index (χ2n) is 5.35. The highest BCUT2D eigenvalue weighted by atomic mass is 16.7. The monoisotopic (exact) mass is 349 g/mol. The number of carbonyl (C=O) groups excluding carboxylic acids is 2. The number of hydrazine groups is 1. The average molecular weight is 349 g/mol. The lowest BCUT2D eigenvalue weighted by Gasteiger charge is -2.29. The molecule has 1 aromatic carbocycles. The van der Waals surface area contributed by atoms with Gasteiger partial charge in [-0.3, -0.25) is 15.0 Å². The van der Waals surface area contributed by atoms with Gasteiger partial charge in [0, 0.05) is 20.6 Å². The molecule has 0 aromatic heterocycles. The van der Waals surface area contributed by atoms with Gasteiger partial charge >= 0.3 is 0 Å². The van der Waals surface area contributed by atoms with E-state index in [1.54, 1.807) is 13.2 Å². The lowest BCUT2D eigenvalue weighted by atomic mass is 10.1. The topological polar surface area (TPSA) is 89.1 Å². The van der Waals surface area contributed by atoms with Crippen molar-refractivity contribution in [2.24, 2.45) is 0 Å². The Balaban J connectivity index is 1.94. The molecule has 2 N–H and O–H groups in total. The van der Waals surface area contributed by atoms with Crippen LogP contribution in [0.3, 0.4) is 0 Å². The van der Waals surface area contributed by atoms with Crippen molar-refractivity contribution >= 4 is 17.5 Å². The Bertz CT molecular complexity index is 626. The van der Waals surface area contributed by atoms with E-state index in [-0.39, 0.29) is 31.3 Å². The van der Waals surface area contributed by atoms with Crippen molar-refractivity contribution in [1.29, 1.82) is 0 Å². The summed E-state index contributed by atoms with van der Waals surface area (Å²) in [6, 6.07) is 7.43. The molecule has 25 heavy (non-hydrogen) atoms. The molecule has 0 fully saturated rings. The number of hydrogen-bond acceptors (Lipinski definition) is 6. The standard InChI is InChI=1S/C17H23N3O5/c1-23-13-6-4-12(5-7-13)14-8-9-16(22)20(19-14)11-15(21)18-10-17(24-2)25-3/h4-8,17,19H,9-11H2,1-3H3,(H,18,21). The van der Waals surface area contributed by atoms with Gasteiger partial charge in [-0.15, -0.1) is 0 Å². The van der Waals surface area contributed by atoms with Gasteiger partial charge in [-0.2, -0.15) is 0 Å². The molecule has 1 aliphatic rings. The van der Waals surface area contributed by atoms with E-state index >= 15 is 0 Å². The van der Waals surface area contributed by atoms with Crippen molar-refractivity contribution in [3.63, 3.8) is 0 Å². The van der Waals surface area contributed by atoms with Gasteiger partial charge in [0.05, 0.1) is 19.4 Å². The molecule has 0 radical (unpaired) electrons. The minimum Gasteiger partial charge on any atom is -0.497 e. The molecule has 1 aliphatic heterocycles. The van der Waals surface area contributed by atoms with Crippen LogP contribution in [-0.4, -0.2) is 57.5 Å². The van der Waals surface area contributed by atoms with E-state index in [0.717, 1.165) is 17.0 Å². The van der Waals surface area contributed by atoms with Gasteiger partial charge in [0.15, 0.2) is 6.29 Å². The van der Waals surface area contributed by atoms with Gasteiger partial charge in [-0.1, -0.05) is 0 Å². The number of hydrogen-bond donors (Lipinski definition) is 2. The first-order valence-electron chi connectivity index (χ1n) is 7.81. The predicted octanol–water partition coefficient (Wildman–Crippen LogP) is 0.508. The third kappa shape index (κ3) is 5.20. The normalized spacial score (nSPS) is 14.2. The van der Waals surface area contributed by atoms with Crippen LogP contribution in [0.1, 0.15) is 12.0 Å². The number of carbonyl (C=O) groups is 2. The number of methoxy groups -OCH3 is 3. The van der Waals surface area contributed by atoms with Crippen molar-refractivity contribution < 1.29 is 23.8 Å². The van der Waals surface area contributed by atoms with Gasteiger partial charge in [0.1, 0.15) is 12.3 Å². The second-order valence-corrected chi connectivity index (χ2v) is 5.35. The van der Waals surface area contributed by atoms with Gasteiger partial charge in [-0.05, 0) is 35.9 Å². The van der Waals surface area contributed by atoms with Crippen molar-refractivity contribution in [1.82, 2.24) is 15.8 Å². The highest BCUT2D eigenvalue weighted by molar-refractivity contribution is 5.88. The minimum absolute atomic E-state index is 0.105. The summed E-state index contributed by atoms with van der Waals surface area (Å²) in [6.45, 7) is 0.0987. The summed E-state index contributed by atoms with van der Waals surface area (Å²) in [6.07, 6.45) is 1.49. The average Bonchev–Trinajstić information content (AvgIpc) is 2.64. The number of rotatable bonds is 8. The first-order valence-corrected chi connectivity index (χ1v) is 7.81. The summed E-state index contributed by atoms with van der Waals surface area (Å²) in [5.41, 5.74) is 4.65. The van der Waals surface area contributed by atoms with Gasteiger partial charge in [-0.25, -0.2) is 5.01 Å². The Morgan fingerprint density at radius 2 is 1.92 bits per heavy atom. The molecule has 2 rings (SSSR count). The first-order chi connectivity index (χ1) is 12.1. The van der Waals surface area contributed by atoms with Gasteiger partial charge in [0.2, 0.25) is 11.8 Å². The van der Waals surface area contributed by atoms with E-state index in [2.05, 4.69) is 10.7 Å². The molecule has 0 saturated carbocycles. The molecule has 0 atom stereocenters. The molecule has 0 unspecified atom stereocenters. The summed E-state index contributed by atoms with van der Waals surface area (Å²) in [5.74, 6) is 0.261. The molecule has 0 aliphatic carbocycles. The van der Waals surface area contributed by atoms with E-state index in [4.69, 9.17) is 14.2 Å². The third-order valence-corrected chi connectivity index (χ3v) is 3.73. The van der Waals surface area contributed by atoms with Gasteiger partial charge in [0.25, 0.3) is 0 Å². The summed E-state index contributed by atoms with van der Waals surface area (Å²) >= 11 is 0. The zero-order valence-corrected chi connectivity index (χ0v) is 14.6. The first kappa shape index (κ1) is 18.8. The molecule has 1 heterocycles. The summed E-state index contributed by atoms with van der Waals surface area (Å²) in [7, 11) is 4.58. The number of nitrogens with one attached hydrogen (secondary N) is 2. The fourth-order valence-corrected chi connectivity index (χ4v) is 2.29. The second kappa shape index (κ2) is 9.05. The highest BCUT2D eigenvalue weighted by Crippen LogP contribution is 2.20. The number of benzene rings is 1. The van der Waals surface area contributed by atoms with Crippen molar-refractivity contribution in [3.8, 4) is 5.75 Å². The van der Waals surface area contributed by atoms with Crippen LogP contribution in [0.2, 0.25) is 0 Å². The molecule has 0 bridgehead atoms. The minimum atomic E-state index is -0.524. The Labute approximate surface area is 146 Å². The Kier molecular flexibility index (Phi) is 6.79. The number of ether oxygens (including phenoxy) is 3. The van der Waals surface area contributed by atoms with Crippen LogP contribution in [0.15, 0.2) is 30.3 Å². The Morgan fingerprint density at radius 3 is 2.52 bits per heavy atom. The molecule has 8 heteroatoms. The molecule has 0 saturated heterocycles. The Morgan fingerprint density at radius 1 is 1.24 bits per heavy atom. The largest absolute Gasteiger partial charge is 0.497 e. The molecular formula is C17H23N3O5. The molecular weight excluding hydrogens is 326 g/mol. The van der Waals surface area contributed by atoms with Crippen LogP contribution in [0.4, 0.5) is 0 Å². The van der Waals surface area contributed by atoms with E-state index in [1.165, 1.54) is 19.2 Å². The van der Waals surface area contributed by atoms with Crippen molar-refractivity contribution in [2.75, 3.05) is 34.4 Å². The van der Waals surface area contributed by atoms with Crippen molar-refractivity contribution in [3.05, 3.63) is 35.9 Å². The Hall–Kier alpha value is -2.58. The third-order valence-electron chi connectivity index (χ3n) is 3.73. The van der Waals surface area contributed by atoms with Crippen LogP contribution in [-0.2, 0) is 19.1 Å². The number of nitrogens with zero attached hydrogens (tertiary/aromatic N) is 1.